The Hall–Kier alpha value is -2.08. The Morgan fingerprint density at radius 3 is 2.86 bits per heavy atom. The van der Waals surface area contributed by atoms with E-state index in [1.54, 1.807) is 10.6 Å². The van der Waals surface area contributed by atoms with Gasteiger partial charge >= 0.3 is 0 Å². The lowest BCUT2D eigenvalue weighted by atomic mass is 10.2. The summed E-state index contributed by atoms with van der Waals surface area (Å²) in [5.41, 5.74) is 8.00. The molecule has 0 aliphatic heterocycles. The Labute approximate surface area is 129 Å². The predicted octanol–water partition coefficient (Wildman–Crippen LogP) is 3.91. The van der Waals surface area contributed by atoms with Gasteiger partial charge in [0.15, 0.2) is 0 Å². The van der Waals surface area contributed by atoms with Gasteiger partial charge in [-0.05, 0) is 41.1 Å². The van der Waals surface area contributed by atoms with Crippen molar-refractivity contribution >= 4 is 32.9 Å². The van der Waals surface area contributed by atoms with Crippen molar-refractivity contribution in [2.45, 2.75) is 6.92 Å². The Bertz CT molecular complexity index is 816. The van der Waals surface area contributed by atoms with Crippen LogP contribution in [0.1, 0.15) is 6.92 Å². The fraction of sp³-hybridized carbons (Fsp3) is 0.133. The van der Waals surface area contributed by atoms with Crippen molar-refractivity contribution in [3.05, 3.63) is 46.7 Å². The highest BCUT2D eigenvalue weighted by Gasteiger charge is 2.15. The number of nitrogen functional groups attached to an aromatic ring is 1. The third kappa shape index (κ3) is 2.35. The third-order valence-electron chi connectivity index (χ3n) is 3.13. The van der Waals surface area contributed by atoms with Crippen LogP contribution in [-0.2, 0) is 0 Å². The molecule has 6 heteroatoms. The number of ether oxygens (including phenoxy) is 1. The van der Waals surface area contributed by atoms with Gasteiger partial charge in [0.2, 0.25) is 5.95 Å². The zero-order chi connectivity index (χ0) is 15.0. The fourth-order valence-corrected chi connectivity index (χ4v) is 2.60. The van der Waals surface area contributed by atoms with Gasteiger partial charge in [0.05, 0.1) is 27.8 Å². The highest BCUT2D eigenvalue weighted by Crippen LogP contribution is 2.31. The van der Waals surface area contributed by atoms with Crippen LogP contribution in [0.15, 0.2) is 40.9 Å². The Morgan fingerprint density at radius 1 is 1.33 bits per heavy atom. The first kappa shape index (κ1) is 13.9. The van der Waals surface area contributed by atoms with E-state index >= 15 is 0 Å². The zero-order valence-corrected chi connectivity index (χ0v) is 12.9. The minimum absolute atomic E-state index is 0.287. The highest BCUT2D eigenvalue weighted by molar-refractivity contribution is 9.10. The minimum atomic E-state index is -0.370. The van der Waals surface area contributed by atoms with E-state index in [0.717, 1.165) is 5.69 Å². The predicted molar refractivity (Wildman–Crippen MR) is 84.3 cm³/mol. The lowest BCUT2D eigenvalue weighted by Crippen LogP contribution is -2.04. The molecule has 21 heavy (non-hydrogen) atoms. The number of nitrogens with two attached hydrogens (primary N) is 1. The molecule has 0 saturated carbocycles. The van der Waals surface area contributed by atoms with E-state index in [4.69, 9.17) is 10.5 Å². The second-order valence-corrected chi connectivity index (χ2v) is 5.32. The first-order valence-electron chi connectivity index (χ1n) is 6.47. The van der Waals surface area contributed by atoms with Crippen molar-refractivity contribution in [3.8, 4) is 11.4 Å². The lowest BCUT2D eigenvalue weighted by molar-refractivity contribution is 0.339. The van der Waals surface area contributed by atoms with E-state index in [1.807, 2.05) is 31.2 Å². The molecule has 4 nitrogen and oxygen atoms in total. The number of halogens is 2. The second kappa shape index (κ2) is 5.37. The topological polar surface area (TPSA) is 53.1 Å². The molecule has 0 saturated heterocycles. The van der Waals surface area contributed by atoms with Gasteiger partial charge in [-0.3, -0.25) is 4.57 Å². The van der Waals surface area contributed by atoms with Gasteiger partial charge in [0.25, 0.3) is 0 Å². The second-order valence-electron chi connectivity index (χ2n) is 4.46. The molecule has 0 fully saturated rings. The van der Waals surface area contributed by atoms with Crippen LogP contribution in [0.2, 0.25) is 0 Å². The van der Waals surface area contributed by atoms with Crippen molar-refractivity contribution < 1.29 is 9.13 Å². The normalized spacial score (nSPS) is 11.0. The quantitative estimate of drug-likeness (QED) is 0.779. The molecule has 3 rings (SSSR count). The van der Waals surface area contributed by atoms with Crippen LogP contribution < -0.4 is 10.5 Å². The molecule has 0 amide bonds. The van der Waals surface area contributed by atoms with Crippen molar-refractivity contribution in [1.82, 2.24) is 9.55 Å². The maximum Gasteiger partial charge on any atom is 0.206 e. The van der Waals surface area contributed by atoms with Gasteiger partial charge in [-0.2, -0.15) is 0 Å². The first-order valence-corrected chi connectivity index (χ1v) is 7.26. The molecule has 0 atom stereocenters. The van der Waals surface area contributed by atoms with Crippen molar-refractivity contribution in [3.63, 3.8) is 0 Å². The summed E-state index contributed by atoms with van der Waals surface area (Å²) in [6.07, 6.45) is 0. The number of aromatic nitrogens is 2. The van der Waals surface area contributed by atoms with Gasteiger partial charge in [0.1, 0.15) is 11.6 Å². The summed E-state index contributed by atoms with van der Waals surface area (Å²) in [5.74, 6) is 0.617. The van der Waals surface area contributed by atoms with E-state index in [-0.39, 0.29) is 11.8 Å². The Kier molecular flexibility index (Phi) is 3.55. The number of anilines is 1. The maximum atomic E-state index is 13.6. The monoisotopic (exact) mass is 349 g/mol. The SMILES string of the molecule is CCOc1ccccc1-n1c(N)nc2cc(F)c(Br)cc21. The molecule has 0 radical (unpaired) electrons. The van der Waals surface area contributed by atoms with E-state index in [1.165, 1.54) is 6.07 Å². The molecule has 108 valence electrons. The summed E-state index contributed by atoms with van der Waals surface area (Å²) >= 11 is 3.19. The zero-order valence-electron chi connectivity index (χ0n) is 11.3. The van der Waals surface area contributed by atoms with Crippen molar-refractivity contribution in [1.29, 1.82) is 0 Å². The largest absolute Gasteiger partial charge is 0.492 e. The molecule has 0 spiro atoms. The van der Waals surface area contributed by atoms with Crippen LogP contribution in [0.5, 0.6) is 5.75 Å². The van der Waals surface area contributed by atoms with E-state index in [2.05, 4.69) is 20.9 Å². The number of hydrogen-bond acceptors (Lipinski definition) is 3. The number of fused-ring (bicyclic) bond motifs is 1. The summed E-state index contributed by atoms with van der Waals surface area (Å²) in [5, 5.41) is 0. The molecule has 0 aliphatic carbocycles. The van der Waals surface area contributed by atoms with Crippen LogP contribution in [0.4, 0.5) is 10.3 Å². The minimum Gasteiger partial charge on any atom is -0.492 e. The number of imidazole rings is 1. The Morgan fingerprint density at radius 2 is 2.10 bits per heavy atom. The average molecular weight is 350 g/mol. The number of nitrogens with zero attached hydrogens (tertiary/aromatic N) is 2. The Balaban J connectivity index is 2.30. The van der Waals surface area contributed by atoms with Gasteiger partial charge in [0, 0.05) is 6.07 Å². The number of para-hydroxylation sites is 2. The molecule has 3 aromatic rings. The fourth-order valence-electron chi connectivity index (χ4n) is 2.26. The van der Waals surface area contributed by atoms with Crippen LogP contribution >= 0.6 is 15.9 Å². The van der Waals surface area contributed by atoms with E-state index in [9.17, 15) is 4.39 Å². The maximum absolute atomic E-state index is 13.6. The molecule has 1 heterocycles. The van der Waals surface area contributed by atoms with Crippen molar-refractivity contribution in [2.24, 2.45) is 0 Å². The summed E-state index contributed by atoms with van der Waals surface area (Å²) < 4.78 is 21.4. The van der Waals surface area contributed by atoms with E-state index in [0.29, 0.717) is 27.9 Å². The van der Waals surface area contributed by atoms with Crippen LogP contribution in [-0.4, -0.2) is 16.2 Å². The van der Waals surface area contributed by atoms with Crippen LogP contribution in [0.3, 0.4) is 0 Å². The summed E-state index contributed by atoms with van der Waals surface area (Å²) in [6.45, 7) is 2.46. The molecule has 2 N–H and O–H groups in total. The molecule has 1 aromatic heterocycles. The van der Waals surface area contributed by atoms with Gasteiger partial charge in [-0.15, -0.1) is 0 Å². The molecular formula is C15H13BrFN3O. The standard InChI is InChI=1S/C15H13BrFN3O/c1-2-21-14-6-4-3-5-12(14)20-13-7-9(16)10(17)8-11(13)19-15(20)18/h3-8H,2H2,1H3,(H2,18,19). The van der Waals surface area contributed by atoms with E-state index < -0.39 is 0 Å². The van der Waals surface area contributed by atoms with Crippen LogP contribution in [0, 0.1) is 5.82 Å². The summed E-state index contributed by atoms with van der Waals surface area (Å²) in [4.78, 5) is 4.22. The van der Waals surface area contributed by atoms with Gasteiger partial charge in [-0.1, -0.05) is 12.1 Å². The van der Waals surface area contributed by atoms with Gasteiger partial charge < -0.3 is 10.5 Å². The smallest absolute Gasteiger partial charge is 0.206 e. The highest BCUT2D eigenvalue weighted by atomic mass is 79.9. The first-order chi connectivity index (χ1) is 10.1. The third-order valence-corrected chi connectivity index (χ3v) is 3.74. The molecule has 2 aromatic carbocycles. The number of rotatable bonds is 3. The summed E-state index contributed by atoms with van der Waals surface area (Å²) in [7, 11) is 0. The van der Waals surface area contributed by atoms with Crippen molar-refractivity contribution in [2.75, 3.05) is 12.3 Å². The molecule has 0 bridgehead atoms. The molecular weight excluding hydrogens is 337 g/mol. The lowest BCUT2D eigenvalue weighted by Gasteiger charge is -2.12. The van der Waals surface area contributed by atoms with Crippen LogP contribution in [0.25, 0.3) is 16.7 Å². The van der Waals surface area contributed by atoms with Gasteiger partial charge in [-0.25, -0.2) is 9.37 Å². The number of hydrogen-bond donors (Lipinski definition) is 1. The molecule has 0 unspecified atom stereocenters. The summed E-state index contributed by atoms with van der Waals surface area (Å²) in [6, 6.07) is 10.6. The molecule has 0 aliphatic rings. The average Bonchev–Trinajstić information content (AvgIpc) is 2.76. The number of benzene rings is 2.